The predicted octanol–water partition coefficient (Wildman–Crippen LogP) is 6.63. The third kappa shape index (κ3) is 3.32. The van der Waals surface area contributed by atoms with Crippen LogP contribution in [-0.4, -0.2) is 31.0 Å². The van der Waals surface area contributed by atoms with E-state index in [1.54, 1.807) is 6.26 Å². The van der Waals surface area contributed by atoms with Crippen molar-refractivity contribution in [2.45, 2.75) is 102 Å². The fourth-order valence-corrected chi connectivity index (χ4v) is 8.16. The Morgan fingerprint density at radius 2 is 1.87 bits per heavy atom. The molecule has 31 heavy (non-hydrogen) atoms. The molecule has 4 fully saturated rings. The molecule has 1 saturated heterocycles. The average Bonchev–Trinajstić information content (AvgIpc) is 3.08. The van der Waals surface area contributed by atoms with Crippen LogP contribution in [0.4, 0.5) is 8.78 Å². The fourth-order valence-electron chi connectivity index (χ4n) is 8.16. The molecule has 1 heterocycles. The van der Waals surface area contributed by atoms with Gasteiger partial charge in [0.1, 0.15) is 12.2 Å². The van der Waals surface area contributed by atoms with Crippen LogP contribution in [0, 0.1) is 28.6 Å². The fraction of sp³-hybridized carbons (Fsp3) is 0.846. The van der Waals surface area contributed by atoms with E-state index in [1.165, 1.54) is 0 Å². The Hall–Kier alpha value is -0.940. The first kappa shape index (κ1) is 21.9. The van der Waals surface area contributed by atoms with Gasteiger partial charge >= 0.3 is 0 Å². The molecular formula is C26H38F2O3. The van der Waals surface area contributed by atoms with E-state index in [4.69, 9.17) is 14.2 Å². The summed E-state index contributed by atoms with van der Waals surface area (Å²) in [4.78, 5) is 0. The van der Waals surface area contributed by atoms with Gasteiger partial charge in [-0.2, -0.15) is 8.78 Å². The maximum absolute atomic E-state index is 15.8. The number of fused-ring (bicyclic) bond motifs is 5. The normalized spacial score (nSPS) is 48.7. The Morgan fingerprint density at radius 3 is 2.61 bits per heavy atom. The molecule has 0 aromatic heterocycles. The quantitative estimate of drug-likeness (QED) is 0.365. The van der Waals surface area contributed by atoms with Crippen LogP contribution in [0.5, 0.6) is 0 Å². The van der Waals surface area contributed by atoms with Crippen LogP contribution < -0.4 is 0 Å². The second kappa shape index (κ2) is 7.83. The van der Waals surface area contributed by atoms with Crippen molar-refractivity contribution < 1.29 is 23.0 Å². The summed E-state index contributed by atoms with van der Waals surface area (Å²) < 4.78 is 49.0. The summed E-state index contributed by atoms with van der Waals surface area (Å²) in [5, 5.41) is 0. The molecule has 4 aliphatic carbocycles. The Morgan fingerprint density at radius 1 is 1.03 bits per heavy atom. The van der Waals surface area contributed by atoms with E-state index in [9.17, 15) is 0 Å². The maximum Gasteiger partial charge on any atom is 0.295 e. The lowest BCUT2D eigenvalue weighted by molar-refractivity contribution is -0.246. The molecule has 1 aliphatic heterocycles. The topological polar surface area (TPSA) is 27.7 Å². The van der Waals surface area contributed by atoms with Gasteiger partial charge in [0.25, 0.3) is 5.92 Å². The van der Waals surface area contributed by atoms with E-state index in [1.807, 2.05) is 6.08 Å². The lowest BCUT2D eigenvalue weighted by atomic mass is 9.47. The zero-order valence-electron chi connectivity index (χ0n) is 19.1. The Labute approximate surface area is 185 Å². The molecule has 3 nitrogen and oxygen atoms in total. The highest BCUT2D eigenvalue weighted by Gasteiger charge is 2.64. The molecule has 3 unspecified atom stereocenters. The Kier molecular flexibility index (Phi) is 5.53. The minimum Gasteiger partial charge on any atom is -0.498 e. The van der Waals surface area contributed by atoms with E-state index in [0.717, 1.165) is 57.8 Å². The summed E-state index contributed by atoms with van der Waals surface area (Å²) in [5.41, 5.74) is 0.0604. The summed E-state index contributed by atoms with van der Waals surface area (Å²) in [6.45, 7) is 8.86. The van der Waals surface area contributed by atoms with Crippen LogP contribution in [0.25, 0.3) is 0 Å². The van der Waals surface area contributed by atoms with Gasteiger partial charge < -0.3 is 14.2 Å². The summed E-state index contributed by atoms with van der Waals surface area (Å²) >= 11 is 0. The number of rotatable bonds is 4. The standard InChI is InChI=1S/C26H38F2O3/c1-4-29-21-11-9-18-17-8-10-20-24(2,19(17)12-14-25(18,21)3)15-13-22(26(20,27)28)31-23-7-5-6-16-30-23/h4,10,17-19,21-23H,1,5-9,11-16H2,2-3H3/t17-,18-,19+,21?,22?,23?,24+,25-/m0/s1. The highest BCUT2D eigenvalue weighted by Crippen LogP contribution is 2.67. The molecule has 0 spiro atoms. The van der Waals surface area contributed by atoms with Crippen molar-refractivity contribution in [3.05, 3.63) is 24.5 Å². The van der Waals surface area contributed by atoms with Crippen LogP contribution in [0.1, 0.15) is 78.1 Å². The number of halogens is 2. The van der Waals surface area contributed by atoms with Gasteiger partial charge in [-0.25, -0.2) is 0 Å². The molecule has 0 aromatic rings. The Balaban J connectivity index is 1.38. The first-order chi connectivity index (χ1) is 14.8. The highest BCUT2D eigenvalue weighted by atomic mass is 19.3. The second-order valence-corrected chi connectivity index (χ2v) is 11.1. The molecular weight excluding hydrogens is 398 g/mol. The molecule has 5 heteroatoms. The molecule has 5 rings (SSSR count). The van der Waals surface area contributed by atoms with Gasteiger partial charge in [0, 0.05) is 17.6 Å². The predicted molar refractivity (Wildman–Crippen MR) is 116 cm³/mol. The number of ether oxygens (including phenoxy) is 3. The number of alkyl halides is 2. The van der Waals surface area contributed by atoms with E-state index >= 15 is 8.78 Å². The molecule has 0 radical (unpaired) electrons. The first-order valence-electron chi connectivity index (χ1n) is 12.4. The van der Waals surface area contributed by atoms with Crippen molar-refractivity contribution in [3.63, 3.8) is 0 Å². The van der Waals surface area contributed by atoms with Crippen LogP contribution in [0.2, 0.25) is 0 Å². The van der Waals surface area contributed by atoms with Gasteiger partial charge in [0.05, 0.1) is 6.26 Å². The molecule has 3 saturated carbocycles. The van der Waals surface area contributed by atoms with Crippen molar-refractivity contribution in [1.29, 1.82) is 0 Å². The van der Waals surface area contributed by atoms with Gasteiger partial charge in [-0.05, 0) is 87.4 Å². The van der Waals surface area contributed by atoms with Crippen LogP contribution in [0.3, 0.4) is 0 Å². The van der Waals surface area contributed by atoms with Crippen molar-refractivity contribution in [3.8, 4) is 0 Å². The number of hydrogen-bond donors (Lipinski definition) is 0. The van der Waals surface area contributed by atoms with Gasteiger partial charge in [-0.15, -0.1) is 0 Å². The van der Waals surface area contributed by atoms with Crippen LogP contribution in [-0.2, 0) is 14.2 Å². The minimum absolute atomic E-state index is 0.137. The van der Waals surface area contributed by atoms with Crippen LogP contribution in [0.15, 0.2) is 24.5 Å². The average molecular weight is 437 g/mol. The van der Waals surface area contributed by atoms with Gasteiger partial charge in [-0.3, -0.25) is 0 Å². The second-order valence-electron chi connectivity index (χ2n) is 11.1. The van der Waals surface area contributed by atoms with Crippen molar-refractivity contribution in [1.82, 2.24) is 0 Å². The molecule has 0 amide bonds. The smallest absolute Gasteiger partial charge is 0.295 e. The third-order valence-electron chi connectivity index (χ3n) is 9.78. The van der Waals surface area contributed by atoms with Crippen molar-refractivity contribution in [2.75, 3.05) is 6.61 Å². The van der Waals surface area contributed by atoms with E-state index < -0.39 is 23.7 Å². The molecule has 0 aromatic carbocycles. The largest absolute Gasteiger partial charge is 0.498 e. The van der Waals surface area contributed by atoms with E-state index in [2.05, 4.69) is 20.4 Å². The highest BCUT2D eigenvalue weighted by molar-refractivity contribution is 5.32. The third-order valence-corrected chi connectivity index (χ3v) is 9.78. The Bertz CT molecular complexity index is 730. The lowest BCUT2D eigenvalue weighted by Gasteiger charge is -2.59. The summed E-state index contributed by atoms with van der Waals surface area (Å²) in [7, 11) is 0. The molecule has 0 bridgehead atoms. The number of hydrogen-bond acceptors (Lipinski definition) is 3. The molecule has 174 valence electrons. The van der Waals surface area contributed by atoms with Gasteiger partial charge in [-0.1, -0.05) is 26.5 Å². The summed E-state index contributed by atoms with van der Waals surface area (Å²) in [5.74, 6) is -1.57. The summed E-state index contributed by atoms with van der Waals surface area (Å²) in [6, 6.07) is 0. The minimum atomic E-state index is -2.91. The van der Waals surface area contributed by atoms with Crippen LogP contribution >= 0.6 is 0 Å². The monoisotopic (exact) mass is 436 g/mol. The molecule has 8 atom stereocenters. The van der Waals surface area contributed by atoms with E-state index in [-0.39, 0.29) is 11.5 Å². The lowest BCUT2D eigenvalue weighted by Crippen LogP contribution is -2.57. The molecule has 0 N–H and O–H groups in total. The maximum atomic E-state index is 15.8. The molecule has 5 aliphatic rings. The summed E-state index contributed by atoms with van der Waals surface area (Å²) in [6.07, 6.45) is 11.1. The number of allylic oxidation sites excluding steroid dienone is 1. The van der Waals surface area contributed by atoms with Gasteiger partial charge in [0.15, 0.2) is 6.29 Å². The first-order valence-corrected chi connectivity index (χ1v) is 12.4. The zero-order chi connectivity index (χ0) is 21.9. The SMILES string of the molecule is C=COC1CC[C@H]2[C@@H]3CC=C4C(F)(F)C(OC5CCCCO5)CC[C@]4(C)[C@@H]3CC[C@]12C. The van der Waals surface area contributed by atoms with Crippen molar-refractivity contribution in [2.24, 2.45) is 28.6 Å². The van der Waals surface area contributed by atoms with Crippen molar-refractivity contribution >= 4 is 0 Å². The van der Waals surface area contributed by atoms with Gasteiger partial charge in [0.2, 0.25) is 0 Å². The van der Waals surface area contributed by atoms with E-state index in [0.29, 0.717) is 36.4 Å². The zero-order valence-corrected chi connectivity index (χ0v) is 19.1.